The molecule has 0 radical (unpaired) electrons. The number of ketones is 1. The Balaban J connectivity index is 3.62. The first-order valence-corrected chi connectivity index (χ1v) is 11.1. The van der Waals surface area contributed by atoms with Crippen LogP contribution in [0.2, 0.25) is 18.1 Å². The molecule has 1 aromatic rings. The van der Waals surface area contributed by atoms with E-state index in [1.54, 1.807) is 27.2 Å². The largest absolute Gasteiger partial charge is 0.540 e. The summed E-state index contributed by atoms with van der Waals surface area (Å²) in [5.74, 6) is 1.52. The molecule has 0 unspecified atom stereocenters. The molecule has 0 fully saturated rings. The molecule has 0 N–H and O–H groups in total. The molecule has 124 valence electrons. The van der Waals surface area contributed by atoms with Gasteiger partial charge in [-0.05, 0) is 53.7 Å². The van der Waals surface area contributed by atoms with E-state index in [0.717, 1.165) is 3.57 Å². The number of carbonyl (C=O) groups is 1. The predicted octanol–water partition coefficient (Wildman–Crippen LogP) is 4.90. The van der Waals surface area contributed by atoms with E-state index < -0.39 is 8.32 Å². The number of methoxy groups -OCH3 is 2. The zero-order valence-corrected chi connectivity index (χ0v) is 17.7. The first-order chi connectivity index (χ1) is 9.96. The maximum atomic E-state index is 12.1. The smallest absolute Gasteiger partial charge is 0.250 e. The van der Waals surface area contributed by atoms with Crippen molar-refractivity contribution in [3.05, 3.63) is 15.2 Å². The molecule has 0 saturated heterocycles. The first-order valence-electron chi connectivity index (χ1n) is 7.10. The molecule has 0 aliphatic heterocycles. The second-order valence-electron chi connectivity index (χ2n) is 6.72. The number of Topliss-reactive ketones (excluding diaryl/α,β-unsaturated/α-hetero) is 1. The van der Waals surface area contributed by atoms with Gasteiger partial charge in [-0.15, -0.1) is 0 Å². The van der Waals surface area contributed by atoms with Crippen LogP contribution in [0.3, 0.4) is 0 Å². The van der Waals surface area contributed by atoms with Crippen molar-refractivity contribution in [2.45, 2.75) is 45.8 Å². The van der Waals surface area contributed by atoms with E-state index >= 15 is 0 Å². The molecule has 0 aromatic heterocycles. The average Bonchev–Trinajstić information content (AvgIpc) is 2.35. The summed E-state index contributed by atoms with van der Waals surface area (Å²) in [6.45, 7) is 12.3. The average molecular weight is 436 g/mol. The van der Waals surface area contributed by atoms with Gasteiger partial charge in [-0.25, -0.2) is 0 Å². The number of halogens is 1. The third-order valence-corrected chi connectivity index (χ3v) is 9.27. The molecule has 1 rings (SSSR count). The Bertz CT molecular complexity index is 576. The standard InChI is InChI=1S/C16H25IO4Si/c1-10(18)13-11(17)9-12(19-5)14(20-6)15(13)21-22(7,8)16(2,3)4/h9H,1-8H3. The fraction of sp³-hybridized carbons (Fsp3) is 0.562. The van der Waals surface area contributed by atoms with Crippen molar-refractivity contribution in [3.63, 3.8) is 0 Å². The van der Waals surface area contributed by atoms with Gasteiger partial charge >= 0.3 is 0 Å². The second-order valence-corrected chi connectivity index (χ2v) is 12.6. The highest BCUT2D eigenvalue weighted by Crippen LogP contribution is 2.46. The summed E-state index contributed by atoms with van der Waals surface area (Å²) in [4.78, 5) is 12.1. The number of hydrogen-bond donors (Lipinski definition) is 0. The van der Waals surface area contributed by atoms with Crippen LogP contribution in [-0.4, -0.2) is 28.3 Å². The maximum Gasteiger partial charge on any atom is 0.250 e. The lowest BCUT2D eigenvalue weighted by Gasteiger charge is -2.37. The molecule has 0 aliphatic rings. The van der Waals surface area contributed by atoms with Gasteiger partial charge < -0.3 is 13.9 Å². The lowest BCUT2D eigenvalue weighted by molar-refractivity contribution is 0.101. The van der Waals surface area contributed by atoms with Crippen molar-refractivity contribution in [2.75, 3.05) is 14.2 Å². The van der Waals surface area contributed by atoms with E-state index in [-0.39, 0.29) is 10.8 Å². The third kappa shape index (κ3) is 3.76. The molecule has 0 atom stereocenters. The number of hydrogen-bond acceptors (Lipinski definition) is 4. The summed E-state index contributed by atoms with van der Waals surface area (Å²) in [5, 5.41) is 0.0145. The van der Waals surface area contributed by atoms with Crippen molar-refractivity contribution in [1.82, 2.24) is 0 Å². The number of rotatable bonds is 5. The van der Waals surface area contributed by atoms with Crippen LogP contribution < -0.4 is 13.9 Å². The van der Waals surface area contributed by atoms with Crippen molar-refractivity contribution >= 4 is 36.7 Å². The van der Waals surface area contributed by atoms with Gasteiger partial charge in [0.2, 0.25) is 5.75 Å². The highest BCUT2D eigenvalue weighted by Gasteiger charge is 2.41. The minimum absolute atomic E-state index is 0.0145. The molecule has 0 bridgehead atoms. The Hall–Kier alpha value is -0.763. The van der Waals surface area contributed by atoms with Crippen LogP contribution >= 0.6 is 22.6 Å². The Labute approximate surface area is 147 Å². The van der Waals surface area contributed by atoms with E-state index in [0.29, 0.717) is 22.8 Å². The Morgan fingerprint density at radius 3 is 2.05 bits per heavy atom. The van der Waals surface area contributed by atoms with Crippen molar-refractivity contribution < 1.29 is 18.7 Å². The molecule has 0 spiro atoms. The molecule has 0 amide bonds. The summed E-state index contributed by atoms with van der Waals surface area (Å²) in [6, 6.07) is 1.80. The van der Waals surface area contributed by atoms with Crippen molar-refractivity contribution in [2.24, 2.45) is 0 Å². The first kappa shape index (κ1) is 19.3. The highest BCUT2D eigenvalue weighted by atomic mass is 127. The predicted molar refractivity (Wildman–Crippen MR) is 100 cm³/mol. The topological polar surface area (TPSA) is 44.8 Å². The quantitative estimate of drug-likeness (QED) is 0.375. The van der Waals surface area contributed by atoms with Gasteiger partial charge in [-0.2, -0.15) is 0 Å². The van der Waals surface area contributed by atoms with E-state index in [1.165, 1.54) is 0 Å². The molecule has 4 nitrogen and oxygen atoms in total. The summed E-state index contributed by atoms with van der Waals surface area (Å²) in [7, 11) is 1.02. The molecule has 22 heavy (non-hydrogen) atoms. The maximum absolute atomic E-state index is 12.1. The van der Waals surface area contributed by atoms with Gasteiger partial charge in [0.05, 0.1) is 19.8 Å². The van der Waals surface area contributed by atoms with Crippen LogP contribution in [0.25, 0.3) is 0 Å². The van der Waals surface area contributed by atoms with Gasteiger partial charge in [-0.1, -0.05) is 20.8 Å². The fourth-order valence-corrected chi connectivity index (χ4v) is 3.68. The summed E-state index contributed by atoms with van der Waals surface area (Å²) in [6.07, 6.45) is 0. The van der Waals surface area contributed by atoms with Crippen LogP contribution in [0.1, 0.15) is 38.1 Å². The lowest BCUT2D eigenvalue weighted by atomic mass is 10.1. The highest BCUT2D eigenvalue weighted by molar-refractivity contribution is 14.1. The number of carbonyl (C=O) groups excluding carboxylic acids is 1. The minimum atomic E-state index is -2.12. The second kappa shape index (κ2) is 6.78. The number of ether oxygens (including phenoxy) is 2. The van der Waals surface area contributed by atoms with Crippen LogP contribution in [0.15, 0.2) is 6.07 Å². The molecule has 0 saturated carbocycles. The molecule has 6 heteroatoms. The number of benzene rings is 1. The molecule has 1 aromatic carbocycles. The summed E-state index contributed by atoms with van der Waals surface area (Å²) >= 11 is 2.13. The Morgan fingerprint density at radius 1 is 1.14 bits per heavy atom. The SMILES string of the molecule is COc1cc(I)c(C(C)=O)c(O[Si](C)(C)C(C)(C)C)c1OC. The van der Waals surface area contributed by atoms with E-state index in [4.69, 9.17) is 13.9 Å². The van der Waals surface area contributed by atoms with Crippen LogP contribution in [0.5, 0.6) is 17.2 Å². The molecule has 0 aliphatic carbocycles. The van der Waals surface area contributed by atoms with Gasteiger partial charge in [0.1, 0.15) is 0 Å². The van der Waals surface area contributed by atoms with Crippen LogP contribution in [-0.2, 0) is 0 Å². The third-order valence-electron chi connectivity index (χ3n) is 4.09. The van der Waals surface area contributed by atoms with Crippen LogP contribution in [0, 0.1) is 3.57 Å². The Kier molecular flexibility index (Phi) is 5.94. The minimum Gasteiger partial charge on any atom is -0.540 e. The van der Waals surface area contributed by atoms with E-state index in [2.05, 4.69) is 56.5 Å². The molecule has 0 heterocycles. The van der Waals surface area contributed by atoms with Gasteiger partial charge in [0.25, 0.3) is 8.32 Å². The van der Waals surface area contributed by atoms with Crippen molar-refractivity contribution in [1.29, 1.82) is 0 Å². The van der Waals surface area contributed by atoms with Gasteiger partial charge in [0, 0.05) is 3.57 Å². The summed E-state index contributed by atoms with van der Waals surface area (Å²) < 4.78 is 18.1. The lowest BCUT2D eigenvalue weighted by Crippen LogP contribution is -2.44. The van der Waals surface area contributed by atoms with Crippen LogP contribution in [0.4, 0.5) is 0 Å². The fourth-order valence-electron chi connectivity index (χ4n) is 1.77. The van der Waals surface area contributed by atoms with E-state index in [9.17, 15) is 4.79 Å². The monoisotopic (exact) mass is 436 g/mol. The van der Waals surface area contributed by atoms with Gasteiger partial charge in [-0.3, -0.25) is 4.79 Å². The zero-order chi connectivity index (χ0) is 17.3. The van der Waals surface area contributed by atoms with Gasteiger partial charge in [0.15, 0.2) is 17.3 Å². The van der Waals surface area contributed by atoms with Crippen molar-refractivity contribution in [3.8, 4) is 17.2 Å². The molecular formula is C16H25IO4Si. The normalized spacial score (nSPS) is 12.0. The zero-order valence-electron chi connectivity index (χ0n) is 14.6. The molecular weight excluding hydrogens is 411 g/mol. The van der Waals surface area contributed by atoms with E-state index in [1.807, 2.05) is 0 Å². The summed E-state index contributed by atoms with van der Waals surface area (Å²) in [5.41, 5.74) is 0.558. The Morgan fingerprint density at radius 2 is 1.68 bits per heavy atom.